The van der Waals surface area contributed by atoms with Crippen molar-refractivity contribution in [3.05, 3.63) is 35.6 Å². The summed E-state index contributed by atoms with van der Waals surface area (Å²) in [7, 11) is 0. The summed E-state index contributed by atoms with van der Waals surface area (Å²) in [4.78, 5) is 30.9. The molecule has 3 aliphatic rings. The second-order valence-electron chi connectivity index (χ2n) is 7.73. The Bertz CT molecular complexity index is 722. The summed E-state index contributed by atoms with van der Waals surface area (Å²) in [5, 5.41) is 2.78. The van der Waals surface area contributed by atoms with E-state index in [9.17, 15) is 14.0 Å². The van der Waals surface area contributed by atoms with Crippen LogP contribution >= 0.6 is 11.8 Å². The van der Waals surface area contributed by atoms with Crippen molar-refractivity contribution in [3.8, 4) is 0 Å². The number of carbonyl (C=O) groups excluding carboxylic acids is 2. The molecule has 2 heterocycles. The normalized spacial score (nSPS) is 23.8. The van der Waals surface area contributed by atoms with Crippen LogP contribution in [0.1, 0.15) is 23.8 Å². The molecule has 2 amide bonds. The number of rotatable bonds is 6. The highest BCUT2D eigenvalue weighted by Gasteiger charge is 2.33. The molecular formula is C20H27FN4O2S. The van der Waals surface area contributed by atoms with Gasteiger partial charge in [0.25, 0.3) is 0 Å². The number of nitrogens with zero attached hydrogens (tertiary/aromatic N) is 3. The van der Waals surface area contributed by atoms with Gasteiger partial charge in [-0.05, 0) is 18.9 Å². The van der Waals surface area contributed by atoms with Crippen LogP contribution in [0.2, 0.25) is 0 Å². The van der Waals surface area contributed by atoms with Gasteiger partial charge in [-0.2, -0.15) is 0 Å². The summed E-state index contributed by atoms with van der Waals surface area (Å²) in [5.41, 5.74) is 0.588. The van der Waals surface area contributed by atoms with Gasteiger partial charge in [0.05, 0.1) is 13.1 Å². The molecule has 2 saturated heterocycles. The van der Waals surface area contributed by atoms with E-state index in [0.29, 0.717) is 31.2 Å². The molecule has 28 heavy (non-hydrogen) atoms. The van der Waals surface area contributed by atoms with Crippen LogP contribution in [-0.2, 0) is 9.59 Å². The maximum Gasteiger partial charge on any atom is 0.237 e. The van der Waals surface area contributed by atoms with Gasteiger partial charge in [0.1, 0.15) is 11.2 Å². The Morgan fingerprint density at radius 2 is 1.71 bits per heavy atom. The maximum atomic E-state index is 14.2. The minimum Gasteiger partial charge on any atom is -0.352 e. The van der Waals surface area contributed by atoms with E-state index < -0.39 is 0 Å². The van der Waals surface area contributed by atoms with Crippen LogP contribution in [0.5, 0.6) is 0 Å². The van der Waals surface area contributed by atoms with Crippen LogP contribution in [0.3, 0.4) is 0 Å². The van der Waals surface area contributed by atoms with Crippen LogP contribution in [0.4, 0.5) is 4.39 Å². The van der Waals surface area contributed by atoms with Crippen molar-refractivity contribution in [2.75, 3.05) is 51.6 Å². The molecular weight excluding hydrogens is 379 g/mol. The monoisotopic (exact) mass is 406 g/mol. The van der Waals surface area contributed by atoms with Crippen LogP contribution < -0.4 is 5.32 Å². The Morgan fingerprint density at radius 3 is 2.39 bits per heavy atom. The molecule has 1 saturated carbocycles. The molecule has 1 aromatic rings. The number of carbonyl (C=O) groups is 2. The summed E-state index contributed by atoms with van der Waals surface area (Å²) in [6, 6.07) is 7.11. The molecule has 2 aliphatic heterocycles. The Morgan fingerprint density at radius 1 is 1.04 bits per heavy atom. The van der Waals surface area contributed by atoms with Gasteiger partial charge in [-0.1, -0.05) is 18.2 Å². The summed E-state index contributed by atoms with van der Waals surface area (Å²) in [6.07, 6.45) is 2.20. The fourth-order valence-electron chi connectivity index (χ4n) is 3.75. The molecule has 0 spiro atoms. The third kappa shape index (κ3) is 4.85. The number of benzene rings is 1. The van der Waals surface area contributed by atoms with E-state index in [0.717, 1.165) is 44.8 Å². The Hall–Kier alpha value is -1.64. The average Bonchev–Trinajstić information content (AvgIpc) is 3.35. The van der Waals surface area contributed by atoms with E-state index in [1.165, 1.54) is 6.07 Å². The SMILES string of the molecule is O=C(CN1CCN(CC(=O)N2CCS[C@H]2c2ccccc2F)CC1)NC1CC1. The predicted octanol–water partition coefficient (Wildman–Crippen LogP) is 1.30. The smallest absolute Gasteiger partial charge is 0.237 e. The van der Waals surface area contributed by atoms with E-state index in [1.54, 1.807) is 28.8 Å². The fraction of sp³-hybridized carbons (Fsp3) is 0.600. The number of hydrogen-bond acceptors (Lipinski definition) is 5. The number of piperazine rings is 1. The van der Waals surface area contributed by atoms with Gasteiger partial charge in [-0.15, -0.1) is 11.8 Å². The second kappa shape index (κ2) is 8.80. The zero-order chi connectivity index (χ0) is 19.5. The van der Waals surface area contributed by atoms with E-state index in [2.05, 4.69) is 15.1 Å². The van der Waals surface area contributed by atoms with Crippen molar-refractivity contribution < 1.29 is 14.0 Å². The first-order valence-corrected chi connectivity index (χ1v) is 11.0. The van der Waals surface area contributed by atoms with Crippen LogP contribution in [0, 0.1) is 5.82 Å². The third-order valence-electron chi connectivity index (χ3n) is 5.52. The van der Waals surface area contributed by atoms with E-state index in [4.69, 9.17) is 0 Å². The van der Waals surface area contributed by atoms with Gasteiger partial charge in [-0.25, -0.2) is 4.39 Å². The average molecular weight is 407 g/mol. The molecule has 6 nitrogen and oxygen atoms in total. The quantitative estimate of drug-likeness (QED) is 0.772. The number of amides is 2. The van der Waals surface area contributed by atoms with Crippen molar-refractivity contribution >= 4 is 23.6 Å². The van der Waals surface area contributed by atoms with Crippen LogP contribution in [0.15, 0.2) is 24.3 Å². The van der Waals surface area contributed by atoms with E-state index in [1.807, 2.05) is 6.07 Å². The van der Waals surface area contributed by atoms with Gasteiger partial charge < -0.3 is 10.2 Å². The summed E-state index contributed by atoms with van der Waals surface area (Å²) in [6.45, 7) is 4.57. The molecule has 152 valence electrons. The molecule has 1 N–H and O–H groups in total. The number of thioether (sulfide) groups is 1. The largest absolute Gasteiger partial charge is 0.352 e. The highest BCUT2D eigenvalue weighted by Crippen LogP contribution is 2.38. The minimum absolute atomic E-state index is 0.0539. The van der Waals surface area contributed by atoms with Crippen molar-refractivity contribution in [2.24, 2.45) is 0 Å². The standard InChI is InChI=1S/C20H27FN4O2S/c21-17-4-2-1-3-16(17)20-25(11-12-28-20)19(27)14-24-9-7-23(8-10-24)13-18(26)22-15-5-6-15/h1-4,15,20H,5-14H2,(H,22,26)/t20-/m0/s1. The van der Waals surface area contributed by atoms with Crippen molar-refractivity contribution in [1.82, 2.24) is 20.0 Å². The van der Waals surface area contributed by atoms with Gasteiger partial charge in [0, 0.05) is 50.1 Å². The minimum atomic E-state index is -0.252. The second-order valence-corrected chi connectivity index (χ2v) is 8.91. The van der Waals surface area contributed by atoms with Crippen molar-refractivity contribution in [2.45, 2.75) is 24.3 Å². The molecule has 8 heteroatoms. The van der Waals surface area contributed by atoms with Crippen LogP contribution in [0.25, 0.3) is 0 Å². The van der Waals surface area contributed by atoms with Crippen molar-refractivity contribution in [1.29, 1.82) is 0 Å². The molecule has 4 rings (SSSR count). The number of hydrogen-bond donors (Lipinski definition) is 1. The lowest BCUT2D eigenvalue weighted by molar-refractivity contribution is -0.133. The fourth-order valence-corrected chi connectivity index (χ4v) is 5.05. The highest BCUT2D eigenvalue weighted by molar-refractivity contribution is 7.99. The first-order valence-electron chi connectivity index (χ1n) is 10.00. The van der Waals surface area contributed by atoms with E-state index >= 15 is 0 Å². The molecule has 3 fully saturated rings. The number of halogens is 1. The van der Waals surface area contributed by atoms with E-state index in [-0.39, 0.29) is 23.0 Å². The molecule has 0 radical (unpaired) electrons. The third-order valence-corrected chi connectivity index (χ3v) is 6.76. The maximum absolute atomic E-state index is 14.2. The topological polar surface area (TPSA) is 55.9 Å². The lowest BCUT2D eigenvalue weighted by Gasteiger charge is -2.35. The van der Waals surface area contributed by atoms with Crippen LogP contribution in [-0.4, -0.2) is 84.1 Å². The first-order chi connectivity index (χ1) is 13.6. The predicted molar refractivity (Wildman–Crippen MR) is 107 cm³/mol. The Balaban J connectivity index is 1.26. The molecule has 1 aromatic carbocycles. The lowest BCUT2D eigenvalue weighted by atomic mass is 10.2. The molecule has 0 unspecified atom stereocenters. The zero-order valence-electron chi connectivity index (χ0n) is 16.0. The lowest BCUT2D eigenvalue weighted by Crippen LogP contribution is -2.52. The van der Waals surface area contributed by atoms with Gasteiger partial charge in [0.15, 0.2) is 0 Å². The Labute approximate surface area is 169 Å². The first kappa shape index (κ1) is 19.7. The van der Waals surface area contributed by atoms with Crippen molar-refractivity contribution in [3.63, 3.8) is 0 Å². The highest BCUT2D eigenvalue weighted by atomic mass is 32.2. The number of nitrogens with one attached hydrogen (secondary N) is 1. The Kier molecular flexibility index (Phi) is 6.18. The summed E-state index contributed by atoms with van der Waals surface area (Å²) in [5.74, 6) is 0.735. The van der Waals surface area contributed by atoms with Gasteiger partial charge in [0.2, 0.25) is 11.8 Å². The molecule has 0 aromatic heterocycles. The van der Waals surface area contributed by atoms with Gasteiger partial charge >= 0.3 is 0 Å². The van der Waals surface area contributed by atoms with Gasteiger partial charge in [-0.3, -0.25) is 19.4 Å². The molecule has 1 atom stereocenters. The zero-order valence-corrected chi connectivity index (χ0v) is 16.8. The summed E-state index contributed by atoms with van der Waals surface area (Å²) >= 11 is 1.62. The summed E-state index contributed by atoms with van der Waals surface area (Å²) < 4.78 is 14.2. The molecule has 1 aliphatic carbocycles. The molecule has 0 bridgehead atoms.